The number of aryl methyl sites for hydroxylation is 1. The van der Waals surface area contributed by atoms with Gasteiger partial charge in [-0.2, -0.15) is 13.2 Å². The van der Waals surface area contributed by atoms with Gasteiger partial charge in [-0.15, -0.1) is 0 Å². The summed E-state index contributed by atoms with van der Waals surface area (Å²) in [5.74, 6) is -2.81. The van der Waals surface area contributed by atoms with Crippen molar-refractivity contribution < 1.29 is 32.2 Å². The minimum absolute atomic E-state index is 0.0605. The minimum atomic E-state index is -4.74. The number of hydrogen-bond acceptors (Lipinski definition) is 2. The molecule has 9 heteroatoms. The fourth-order valence-electron chi connectivity index (χ4n) is 1.99. The SMILES string of the molecule is O=C(O)CCc1cc(Oc2c(F)cc(C(F)(F)F)cc2Cl)ccc1Cl. The Hall–Kier alpha value is -1.99. The number of halogens is 6. The molecule has 0 radical (unpaired) electrons. The van der Waals surface area contributed by atoms with Gasteiger partial charge in [0.2, 0.25) is 0 Å². The van der Waals surface area contributed by atoms with Crippen molar-refractivity contribution in [2.45, 2.75) is 19.0 Å². The topological polar surface area (TPSA) is 46.5 Å². The standard InChI is InChI=1S/C16H10Cl2F4O3/c17-11-3-2-10(5-8(11)1-4-14(23)24)25-15-12(18)6-9(7-13(15)19)16(20,21)22/h2-3,5-7H,1,4H2,(H,23,24). The first-order valence-electron chi connectivity index (χ1n) is 6.82. The molecular formula is C16H10Cl2F4O3. The zero-order chi connectivity index (χ0) is 18.8. The van der Waals surface area contributed by atoms with E-state index in [2.05, 4.69) is 0 Å². The second-order valence-corrected chi connectivity index (χ2v) is 5.83. The van der Waals surface area contributed by atoms with Crippen molar-refractivity contribution in [1.29, 1.82) is 0 Å². The van der Waals surface area contributed by atoms with E-state index >= 15 is 0 Å². The maximum absolute atomic E-state index is 13.9. The first-order valence-corrected chi connectivity index (χ1v) is 7.58. The highest BCUT2D eigenvalue weighted by molar-refractivity contribution is 6.32. The molecule has 0 saturated heterocycles. The third-order valence-electron chi connectivity index (χ3n) is 3.17. The van der Waals surface area contributed by atoms with E-state index in [4.69, 9.17) is 33.0 Å². The van der Waals surface area contributed by atoms with E-state index < -0.39 is 34.3 Å². The predicted molar refractivity (Wildman–Crippen MR) is 83.9 cm³/mol. The van der Waals surface area contributed by atoms with Gasteiger partial charge in [0.15, 0.2) is 11.6 Å². The summed E-state index contributed by atoms with van der Waals surface area (Å²) in [5, 5.41) is 8.44. The zero-order valence-electron chi connectivity index (χ0n) is 12.3. The van der Waals surface area contributed by atoms with Gasteiger partial charge in [0, 0.05) is 11.4 Å². The first-order chi connectivity index (χ1) is 11.6. The Morgan fingerprint density at radius 3 is 2.36 bits per heavy atom. The monoisotopic (exact) mass is 396 g/mol. The van der Waals surface area contributed by atoms with Crippen molar-refractivity contribution in [3.63, 3.8) is 0 Å². The molecule has 0 atom stereocenters. The summed E-state index contributed by atoms with van der Waals surface area (Å²) < 4.78 is 57.1. The van der Waals surface area contributed by atoms with E-state index in [1.165, 1.54) is 18.2 Å². The first kappa shape index (κ1) is 19.3. The summed E-state index contributed by atoms with van der Waals surface area (Å²) >= 11 is 11.6. The van der Waals surface area contributed by atoms with Crippen LogP contribution in [0.5, 0.6) is 11.5 Å². The molecule has 3 nitrogen and oxygen atoms in total. The third kappa shape index (κ3) is 4.99. The highest BCUT2D eigenvalue weighted by Crippen LogP contribution is 2.39. The van der Waals surface area contributed by atoms with Crippen LogP contribution in [-0.2, 0) is 17.4 Å². The van der Waals surface area contributed by atoms with Crippen molar-refractivity contribution in [3.8, 4) is 11.5 Å². The van der Waals surface area contributed by atoms with Crippen molar-refractivity contribution >= 4 is 29.2 Å². The van der Waals surface area contributed by atoms with Crippen LogP contribution in [0.3, 0.4) is 0 Å². The average Bonchev–Trinajstić information content (AvgIpc) is 2.49. The van der Waals surface area contributed by atoms with Gasteiger partial charge < -0.3 is 9.84 Å². The van der Waals surface area contributed by atoms with Gasteiger partial charge in [-0.1, -0.05) is 23.2 Å². The molecule has 2 aromatic carbocycles. The summed E-state index contributed by atoms with van der Waals surface area (Å²) in [5.41, 5.74) is -0.800. The quantitative estimate of drug-likeness (QED) is 0.634. The van der Waals surface area contributed by atoms with Gasteiger partial charge in [0.05, 0.1) is 10.6 Å². The van der Waals surface area contributed by atoms with Crippen LogP contribution in [0, 0.1) is 5.82 Å². The lowest BCUT2D eigenvalue weighted by Gasteiger charge is -2.13. The average molecular weight is 397 g/mol. The molecule has 134 valence electrons. The molecule has 0 saturated carbocycles. The summed E-state index contributed by atoms with van der Waals surface area (Å²) in [6.45, 7) is 0. The van der Waals surface area contributed by atoms with Crippen LogP contribution < -0.4 is 4.74 Å². The Kier molecular flexibility index (Phi) is 5.80. The normalized spacial score (nSPS) is 11.4. The number of benzene rings is 2. The van der Waals surface area contributed by atoms with Crippen LogP contribution in [0.25, 0.3) is 0 Å². The molecule has 0 aliphatic heterocycles. The molecule has 1 N–H and O–H groups in total. The molecular weight excluding hydrogens is 387 g/mol. The number of carboxylic acids is 1. The highest BCUT2D eigenvalue weighted by atomic mass is 35.5. The fourth-order valence-corrected chi connectivity index (χ4v) is 2.45. The van der Waals surface area contributed by atoms with Crippen LogP contribution >= 0.6 is 23.2 Å². The molecule has 0 aliphatic rings. The Morgan fingerprint density at radius 2 is 1.80 bits per heavy atom. The molecule has 25 heavy (non-hydrogen) atoms. The van der Waals surface area contributed by atoms with Crippen molar-refractivity contribution in [1.82, 2.24) is 0 Å². The van der Waals surface area contributed by atoms with Crippen LogP contribution in [0.1, 0.15) is 17.5 Å². The number of carboxylic acid groups (broad SMARTS) is 1. The van der Waals surface area contributed by atoms with Crippen LogP contribution in [0.15, 0.2) is 30.3 Å². The van der Waals surface area contributed by atoms with Gasteiger partial charge in [-0.05, 0) is 42.3 Å². The Morgan fingerprint density at radius 1 is 1.12 bits per heavy atom. The maximum Gasteiger partial charge on any atom is 0.416 e. The van der Waals surface area contributed by atoms with Crippen molar-refractivity contribution in [3.05, 3.63) is 57.3 Å². The molecule has 2 aromatic rings. The molecule has 0 spiro atoms. The lowest BCUT2D eigenvalue weighted by atomic mass is 10.1. The third-order valence-corrected chi connectivity index (χ3v) is 3.82. The van der Waals surface area contributed by atoms with E-state index in [1.807, 2.05) is 0 Å². The summed E-state index contributed by atoms with van der Waals surface area (Å²) in [4.78, 5) is 10.6. The molecule has 0 fully saturated rings. The summed E-state index contributed by atoms with van der Waals surface area (Å²) in [7, 11) is 0. The van der Waals surface area contributed by atoms with Crippen LogP contribution in [0.4, 0.5) is 17.6 Å². The number of carbonyl (C=O) groups is 1. The molecule has 0 unspecified atom stereocenters. The van der Waals surface area contributed by atoms with E-state index in [0.717, 1.165) is 0 Å². The Balaban J connectivity index is 2.31. The largest absolute Gasteiger partial charge is 0.481 e. The van der Waals surface area contributed by atoms with E-state index in [9.17, 15) is 22.4 Å². The molecule has 0 aromatic heterocycles. The Bertz CT molecular complexity index is 783. The van der Waals surface area contributed by atoms with Crippen LogP contribution in [0.2, 0.25) is 10.0 Å². The summed E-state index contributed by atoms with van der Waals surface area (Å²) in [6.07, 6.45) is -4.82. The van der Waals surface area contributed by atoms with Gasteiger partial charge in [0.25, 0.3) is 0 Å². The molecule has 0 bridgehead atoms. The second kappa shape index (κ2) is 7.49. The number of rotatable bonds is 5. The number of ether oxygens (including phenoxy) is 1. The van der Waals surface area contributed by atoms with Crippen LogP contribution in [-0.4, -0.2) is 11.1 Å². The molecule has 0 heterocycles. The van der Waals surface area contributed by atoms with Gasteiger partial charge >= 0.3 is 12.1 Å². The van der Waals surface area contributed by atoms with Crippen molar-refractivity contribution in [2.75, 3.05) is 0 Å². The fraction of sp³-hybridized carbons (Fsp3) is 0.188. The lowest BCUT2D eigenvalue weighted by Crippen LogP contribution is -2.06. The highest BCUT2D eigenvalue weighted by Gasteiger charge is 2.32. The van der Waals surface area contributed by atoms with E-state index in [-0.39, 0.29) is 29.7 Å². The van der Waals surface area contributed by atoms with E-state index in [0.29, 0.717) is 11.6 Å². The lowest BCUT2D eigenvalue weighted by molar-refractivity contribution is -0.138. The second-order valence-electron chi connectivity index (χ2n) is 5.02. The van der Waals surface area contributed by atoms with Gasteiger partial charge in [0.1, 0.15) is 5.75 Å². The molecule has 0 aliphatic carbocycles. The maximum atomic E-state index is 13.9. The number of aliphatic carboxylic acids is 1. The smallest absolute Gasteiger partial charge is 0.416 e. The predicted octanol–water partition coefficient (Wildman–Crippen LogP) is 5.96. The van der Waals surface area contributed by atoms with Crippen molar-refractivity contribution in [2.24, 2.45) is 0 Å². The number of alkyl halides is 3. The molecule has 2 rings (SSSR count). The molecule has 0 amide bonds. The zero-order valence-corrected chi connectivity index (χ0v) is 13.8. The van der Waals surface area contributed by atoms with Gasteiger partial charge in [-0.25, -0.2) is 4.39 Å². The van der Waals surface area contributed by atoms with E-state index in [1.54, 1.807) is 0 Å². The Labute approximate surface area is 149 Å². The number of hydrogen-bond donors (Lipinski definition) is 1. The summed E-state index contributed by atoms with van der Waals surface area (Å²) in [6, 6.07) is 4.98. The minimum Gasteiger partial charge on any atom is -0.481 e. The van der Waals surface area contributed by atoms with Gasteiger partial charge in [-0.3, -0.25) is 4.79 Å².